The van der Waals surface area contributed by atoms with Gasteiger partial charge in [-0.1, -0.05) is 12.1 Å². The Labute approximate surface area is 210 Å². The van der Waals surface area contributed by atoms with Gasteiger partial charge in [0.2, 0.25) is 0 Å². The first-order valence-corrected chi connectivity index (χ1v) is 12.9. The largest absolute Gasteiger partial charge is 0.450 e. The van der Waals surface area contributed by atoms with Crippen LogP contribution in [0.4, 0.5) is 15.0 Å². The Balaban J connectivity index is 1.12. The van der Waals surface area contributed by atoms with E-state index in [9.17, 15) is 9.18 Å². The summed E-state index contributed by atoms with van der Waals surface area (Å²) >= 11 is 0. The Morgan fingerprint density at radius 3 is 2.78 bits per heavy atom. The van der Waals surface area contributed by atoms with Gasteiger partial charge in [0, 0.05) is 74.9 Å². The molecule has 3 aliphatic rings. The number of aryl methyl sites for hydroxylation is 1. The lowest BCUT2D eigenvalue weighted by Gasteiger charge is -2.48. The standard InChI is InChI=1S/C27H33FN6O2/c1-3-36-26(35)34-17-27(18-34)7-6-22(14-27)32-8-10-33(11-9-32)25-23(13-21(28)15-29-25)19-4-5-20-16-31(2)30-24(20)12-19/h4-5,12-13,15-16,22H,3,6-11,14,17-18H2,1-2H3/t22-/m1/s1. The number of fused-ring (bicyclic) bond motifs is 1. The van der Waals surface area contributed by atoms with E-state index in [1.165, 1.54) is 19.0 Å². The molecule has 1 aliphatic carbocycles. The van der Waals surface area contributed by atoms with Gasteiger partial charge in [-0.15, -0.1) is 0 Å². The highest BCUT2D eigenvalue weighted by molar-refractivity contribution is 5.86. The first-order valence-electron chi connectivity index (χ1n) is 12.9. The normalized spacial score (nSPS) is 21.8. The van der Waals surface area contributed by atoms with Crippen molar-refractivity contribution in [2.75, 3.05) is 50.8 Å². The lowest BCUT2D eigenvalue weighted by Crippen LogP contribution is -2.58. The second-order valence-electron chi connectivity index (χ2n) is 10.6. The SMILES string of the molecule is CCOC(=O)N1CC2(CC[C@@H](N3CCN(c4ncc(F)cc4-c4ccc5cn(C)nc5c4)CC3)C2)C1. The third-order valence-electron chi connectivity index (χ3n) is 8.15. The number of amides is 1. The van der Waals surface area contributed by atoms with Crippen LogP contribution in [0, 0.1) is 11.2 Å². The molecule has 1 spiro atoms. The molecule has 0 N–H and O–H groups in total. The molecular formula is C27H33FN6O2. The minimum absolute atomic E-state index is 0.176. The van der Waals surface area contributed by atoms with Gasteiger partial charge >= 0.3 is 6.09 Å². The molecule has 2 saturated heterocycles. The van der Waals surface area contributed by atoms with Crippen LogP contribution in [0.3, 0.4) is 0 Å². The van der Waals surface area contributed by atoms with E-state index in [0.717, 1.165) is 73.5 Å². The predicted molar refractivity (Wildman–Crippen MR) is 136 cm³/mol. The quantitative estimate of drug-likeness (QED) is 0.550. The number of carbonyl (C=O) groups excluding carboxylic acids is 1. The Hall–Kier alpha value is -3.20. The summed E-state index contributed by atoms with van der Waals surface area (Å²) in [6, 6.07) is 8.22. The highest BCUT2D eigenvalue weighted by atomic mass is 19.1. The van der Waals surface area contributed by atoms with Crippen molar-refractivity contribution in [3.8, 4) is 11.1 Å². The number of hydrogen-bond acceptors (Lipinski definition) is 6. The molecule has 3 fully saturated rings. The number of nitrogens with zero attached hydrogens (tertiary/aromatic N) is 6. The molecule has 2 aromatic heterocycles. The Morgan fingerprint density at radius 2 is 2.00 bits per heavy atom. The van der Waals surface area contributed by atoms with Gasteiger partial charge in [-0.25, -0.2) is 14.2 Å². The molecule has 1 amide bonds. The second-order valence-corrected chi connectivity index (χ2v) is 10.6. The van der Waals surface area contributed by atoms with Crippen LogP contribution < -0.4 is 4.90 Å². The molecule has 1 aromatic carbocycles. The van der Waals surface area contributed by atoms with Crippen LogP contribution in [0.15, 0.2) is 36.7 Å². The van der Waals surface area contributed by atoms with Crippen molar-refractivity contribution >= 4 is 22.8 Å². The maximum atomic E-state index is 14.3. The predicted octanol–water partition coefficient (Wildman–Crippen LogP) is 3.91. The number of rotatable bonds is 4. The monoisotopic (exact) mass is 492 g/mol. The summed E-state index contributed by atoms with van der Waals surface area (Å²) in [5.41, 5.74) is 2.90. The number of ether oxygens (including phenoxy) is 1. The maximum absolute atomic E-state index is 14.3. The number of halogens is 1. The van der Waals surface area contributed by atoms with E-state index in [1.807, 2.05) is 43.3 Å². The summed E-state index contributed by atoms with van der Waals surface area (Å²) in [6.07, 6.45) is 6.62. The zero-order valence-electron chi connectivity index (χ0n) is 21.0. The Kier molecular flexibility index (Phi) is 5.82. The van der Waals surface area contributed by atoms with Crippen LogP contribution in [-0.4, -0.2) is 82.6 Å². The van der Waals surface area contributed by atoms with Crippen molar-refractivity contribution in [1.82, 2.24) is 24.6 Å². The van der Waals surface area contributed by atoms with Crippen molar-refractivity contribution < 1.29 is 13.9 Å². The third-order valence-corrected chi connectivity index (χ3v) is 8.15. The van der Waals surface area contributed by atoms with Gasteiger partial charge in [-0.2, -0.15) is 5.10 Å². The van der Waals surface area contributed by atoms with Crippen molar-refractivity contribution in [2.24, 2.45) is 12.5 Å². The molecule has 1 atom stereocenters. The molecular weight excluding hydrogens is 459 g/mol. The first kappa shape index (κ1) is 23.2. The Morgan fingerprint density at radius 1 is 1.19 bits per heavy atom. The van der Waals surface area contributed by atoms with Crippen LogP contribution in [0.25, 0.3) is 22.0 Å². The number of pyridine rings is 1. The second kappa shape index (κ2) is 9.03. The number of benzene rings is 1. The summed E-state index contributed by atoms with van der Waals surface area (Å²) in [5, 5.41) is 5.58. The Bertz CT molecular complexity index is 1280. The minimum Gasteiger partial charge on any atom is -0.450 e. The number of carbonyl (C=O) groups is 1. The van der Waals surface area contributed by atoms with E-state index in [4.69, 9.17) is 4.74 Å². The van der Waals surface area contributed by atoms with Crippen LogP contribution in [0.2, 0.25) is 0 Å². The molecule has 0 radical (unpaired) electrons. The first-order chi connectivity index (χ1) is 17.4. The zero-order valence-corrected chi connectivity index (χ0v) is 21.0. The molecule has 3 aromatic rings. The van der Waals surface area contributed by atoms with Crippen LogP contribution in [-0.2, 0) is 11.8 Å². The molecule has 1 saturated carbocycles. The van der Waals surface area contributed by atoms with Gasteiger partial charge in [0.15, 0.2) is 0 Å². The molecule has 8 nitrogen and oxygen atoms in total. The van der Waals surface area contributed by atoms with E-state index in [2.05, 4.69) is 19.9 Å². The smallest absolute Gasteiger partial charge is 0.409 e. The number of hydrogen-bond donors (Lipinski definition) is 0. The van der Waals surface area contributed by atoms with E-state index in [-0.39, 0.29) is 17.3 Å². The van der Waals surface area contributed by atoms with Gasteiger partial charge < -0.3 is 14.5 Å². The lowest BCUT2D eigenvalue weighted by atomic mass is 9.78. The summed E-state index contributed by atoms with van der Waals surface area (Å²) in [7, 11) is 1.90. The van der Waals surface area contributed by atoms with Crippen molar-refractivity contribution in [3.63, 3.8) is 0 Å². The molecule has 2 aliphatic heterocycles. The molecule has 0 unspecified atom stereocenters. The van der Waals surface area contributed by atoms with Crippen LogP contribution in [0.5, 0.6) is 0 Å². The van der Waals surface area contributed by atoms with Gasteiger partial charge in [-0.3, -0.25) is 9.58 Å². The van der Waals surface area contributed by atoms with Crippen LogP contribution >= 0.6 is 0 Å². The fourth-order valence-corrected chi connectivity index (χ4v) is 6.39. The molecule has 4 heterocycles. The average molecular weight is 493 g/mol. The fourth-order valence-electron chi connectivity index (χ4n) is 6.39. The summed E-state index contributed by atoms with van der Waals surface area (Å²) in [4.78, 5) is 23.2. The van der Waals surface area contributed by atoms with Gasteiger partial charge in [-0.05, 0) is 43.9 Å². The fraction of sp³-hybridized carbons (Fsp3) is 0.519. The third kappa shape index (κ3) is 4.19. The van der Waals surface area contributed by atoms with Crippen molar-refractivity contribution in [2.45, 2.75) is 32.2 Å². The average Bonchev–Trinajstić information content (AvgIpc) is 3.46. The number of aromatic nitrogens is 3. The topological polar surface area (TPSA) is 66.7 Å². The number of likely N-dealkylation sites (tertiary alicyclic amines) is 1. The lowest BCUT2D eigenvalue weighted by molar-refractivity contribution is -0.00294. The van der Waals surface area contributed by atoms with E-state index in [0.29, 0.717) is 12.6 Å². The van der Waals surface area contributed by atoms with Gasteiger partial charge in [0.05, 0.1) is 18.3 Å². The number of piperazine rings is 1. The zero-order chi connectivity index (χ0) is 24.9. The molecule has 0 bridgehead atoms. The van der Waals surface area contributed by atoms with Gasteiger partial charge in [0.1, 0.15) is 11.6 Å². The molecule has 190 valence electrons. The highest BCUT2D eigenvalue weighted by Crippen LogP contribution is 2.47. The van der Waals surface area contributed by atoms with E-state index in [1.54, 1.807) is 10.7 Å². The van der Waals surface area contributed by atoms with Crippen molar-refractivity contribution in [1.29, 1.82) is 0 Å². The van der Waals surface area contributed by atoms with Crippen molar-refractivity contribution in [3.05, 3.63) is 42.5 Å². The summed E-state index contributed by atoms with van der Waals surface area (Å²) in [6.45, 7) is 7.56. The number of anilines is 1. The van der Waals surface area contributed by atoms with Crippen LogP contribution in [0.1, 0.15) is 26.2 Å². The molecule has 36 heavy (non-hydrogen) atoms. The maximum Gasteiger partial charge on any atom is 0.409 e. The van der Waals surface area contributed by atoms with Gasteiger partial charge in [0.25, 0.3) is 0 Å². The molecule has 9 heteroatoms. The van der Waals surface area contributed by atoms with E-state index < -0.39 is 0 Å². The van der Waals surface area contributed by atoms with E-state index >= 15 is 0 Å². The summed E-state index contributed by atoms with van der Waals surface area (Å²) in [5.74, 6) is 0.500. The summed E-state index contributed by atoms with van der Waals surface area (Å²) < 4.78 is 21.2. The molecule has 6 rings (SSSR count). The minimum atomic E-state index is -0.331. The highest BCUT2D eigenvalue weighted by Gasteiger charge is 2.51.